The molecule has 1 aromatic carbocycles. The van der Waals surface area contributed by atoms with Gasteiger partial charge in [-0.05, 0) is 43.2 Å². The summed E-state index contributed by atoms with van der Waals surface area (Å²) in [5.74, 6) is -0.339. The average Bonchev–Trinajstić information content (AvgIpc) is 3.24. The molecule has 30 heavy (non-hydrogen) atoms. The lowest BCUT2D eigenvalue weighted by atomic mass is 9.95. The number of guanidine groups is 1. The van der Waals surface area contributed by atoms with E-state index in [0.29, 0.717) is 51.6 Å². The largest absolute Gasteiger partial charge is 0.370 e. The van der Waals surface area contributed by atoms with Gasteiger partial charge in [-0.25, -0.2) is 0 Å². The first-order valence-corrected chi connectivity index (χ1v) is 10.4. The van der Waals surface area contributed by atoms with Crippen molar-refractivity contribution in [2.24, 2.45) is 16.5 Å². The second-order valence-corrected chi connectivity index (χ2v) is 7.80. The third kappa shape index (κ3) is 5.35. The summed E-state index contributed by atoms with van der Waals surface area (Å²) in [4.78, 5) is 42.8. The maximum absolute atomic E-state index is 13.1. The Hall–Kier alpha value is -2.94. The average molecular weight is 415 g/mol. The normalized spacial score (nSPS) is 21.4. The van der Waals surface area contributed by atoms with Gasteiger partial charge in [0, 0.05) is 19.6 Å². The Morgan fingerprint density at radius 3 is 2.80 bits per heavy atom. The molecule has 0 spiro atoms. The molecule has 162 valence electrons. The van der Waals surface area contributed by atoms with Crippen LogP contribution in [0.5, 0.6) is 0 Å². The van der Waals surface area contributed by atoms with Crippen LogP contribution in [0, 0.1) is 0 Å². The summed E-state index contributed by atoms with van der Waals surface area (Å²) in [6.07, 6.45) is 3.70. The van der Waals surface area contributed by atoms with Gasteiger partial charge in [-0.2, -0.15) is 0 Å². The number of nitrogens with two attached hydrogens (primary N) is 2. The molecule has 2 aliphatic rings. The predicted molar refractivity (Wildman–Crippen MR) is 113 cm³/mol. The Balaban J connectivity index is 1.56. The number of aliphatic imine (C=N–C) groups is 1. The number of fused-ring (bicyclic) bond motifs is 1. The van der Waals surface area contributed by atoms with Crippen molar-refractivity contribution in [2.75, 3.05) is 13.1 Å². The lowest BCUT2D eigenvalue weighted by molar-refractivity contribution is -0.140. The number of nitrogens with zero attached hydrogens (tertiary/aromatic N) is 2. The van der Waals surface area contributed by atoms with Gasteiger partial charge in [-0.1, -0.05) is 24.3 Å². The summed E-state index contributed by atoms with van der Waals surface area (Å²) in [5, 5.41) is 6.06. The molecule has 2 aliphatic heterocycles. The van der Waals surface area contributed by atoms with Crippen LogP contribution in [0.4, 0.5) is 0 Å². The van der Waals surface area contributed by atoms with Crippen molar-refractivity contribution in [2.45, 2.75) is 56.8 Å². The minimum absolute atomic E-state index is 0.000689. The van der Waals surface area contributed by atoms with E-state index in [0.717, 1.165) is 12.0 Å². The molecule has 6 N–H and O–H groups in total. The number of hydrogen-bond donors (Lipinski definition) is 4. The molecule has 0 aliphatic carbocycles. The standard InChI is InChI=1S/C21H30N6O3/c22-21(23)24-9-3-7-16(13-28)26-19(29)18-8-4-10-27(18)20(30)17-11-14-5-1-2-6-15(14)12-25-17/h1-2,5-6,13,16-18,25H,3-4,7-12H2,(H,26,29)(H4,22,23,24)/t16-,17?,18+/m0/s1. The van der Waals surface area contributed by atoms with Crippen LogP contribution >= 0.6 is 0 Å². The first-order valence-electron chi connectivity index (χ1n) is 10.4. The monoisotopic (exact) mass is 414 g/mol. The number of amides is 2. The summed E-state index contributed by atoms with van der Waals surface area (Å²) < 4.78 is 0. The molecule has 1 fully saturated rings. The van der Waals surface area contributed by atoms with Crippen molar-refractivity contribution in [1.29, 1.82) is 0 Å². The fourth-order valence-electron chi connectivity index (χ4n) is 4.10. The second kappa shape index (κ2) is 10.2. The third-order valence-electron chi connectivity index (χ3n) is 5.68. The van der Waals surface area contributed by atoms with E-state index in [9.17, 15) is 14.4 Å². The molecule has 1 unspecified atom stereocenters. The molecule has 0 radical (unpaired) electrons. The predicted octanol–water partition coefficient (Wildman–Crippen LogP) is -0.571. The van der Waals surface area contributed by atoms with E-state index in [1.807, 2.05) is 18.2 Å². The molecule has 3 rings (SSSR count). The smallest absolute Gasteiger partial charge is 0.243 e. The summed E-state index contributed by atoms with van der Waals surface area (Å²) in [7, 11) is 0. The molecular formula is C21H30N6O3. The van der Waals surface area contributed by atoms with Crippen LogP contribution in [0.1, 0.15) is 36.8 Å². The van der Waals surface area contributed by atoms with Crippen LogP contribution in [0.25, 0.3) is 0 Å². The highest BCUT2D eigenvalue weighted by Gasteiger charge is 2.38. The van der Waals surface area contributed by atoms with E-state index in [1.54, 1.807) is 4.90 Å². The van der Waals surface area contributed by atoms with Crippen molar-refractivity contribution < 1.29 is 14.4 Å². The van der Waals surface area contributed by atoms with Gasteiger partial charge in [-0.3, -0.25) is 14.6 Å². The first kappa shape index (κ1) is 21.8. The molecule has 2 heterocycles. The van der Waals surface area contributed by atoms with Gasteiger partial charge >= 0.3 is 0 Å². The molecule has 0 aromatic heterocycles. The number of aldehydes is 1. The van der Waals surface area contributed by atoms with Crippen LogP contribution in [0.2, 0.25) is 0 Å². The number of carbonyl (C=O) groups excluding carboxylic acids is 3. The van der Waals surface area contributed by atoms with Gasteiger partial charge in [0.25, 0.3) is 0 Å². The van der Waals surface area contributed by atoms with E-state index >= 15 is 0 Å². The molecule has 0 saturated carbocycles. The van der Waals surface area contributed by atoms with Crippen molar-refractivity contribution in [3.63, 3.8) is 0 Å². The minimum atomic E-state index is -0.621. The van der Waals surface area contributed by atoms with Crippen molar-refractivity contribution in [1.82, 2.24) is 15.5 Å². The quantitative estimate of drug-likeness (QED) is 0.194. The molecule has 2 amide bonds. The van der Waals surface area contributed by atoms with Crippen LogP contribution in [0.15, 0.2) is 29.3 Å². The first-order chi connectivity index (χ1) is 14.5. The Kier molecular flexibility index (Phi) is 7.40. The summed E-state index contributed by atoms with van der Waals surface area (Å²) >= 11 is 0. The highest BCUT2D eigenvalue weighted by molar-refractivity contribution is 5.91. The minimum Gasteiger partial charge on any atom is -0.370 e. The lowest BCUT2D eigenvalue weighted by Crippen LogP contribution is -2.55. The summed E-state index contributed by atoms with van der Waals surface area (Å²) in [5.41, 5.74) is 12.9. The van der Waals surface area contributed by atoms with Gasteiger partial charge < -0.3 is 31.8 Å². The number of rotatable bonds is 8. The van der Waals surface area contributed by atoms with Gasteiger partial charge in [0.05, 0.1) is 12.1 Å². The van der Waals surface area contributed by atoms with Gasteiger partial charge in [-0.15, -0.1) is 0 Å². The fourth-order valence-corrected chi connectivity index (χ4v) is 4.10. The van der Waals surface area contributed by atoms with Gasteiger partial charge in [0.2, 0.25) is 11.8 Å². The zero-order valence-corrected chi connectivity index (χ0v) is 17.0. The lowest BCUT2D eigenvalue weighted by Gasteiger charge is -2.32. The van der Waals surface area contributed by atoms with E-state index in [1.165, 1.54) is 5.56 Å². The Morgan fingerprint density at radius 1 is 1.30 bits per heavy atom. The highest BCUT2D eigenvalue weighted by Crippen LogP contribution is 2.22. The molecule has 9 heteroatoms. The molecule has 1 aromatic rings. The van der Waals surface area contributed by atoms with Crippen molar-refractivity contribution in [3.8, 4) is 0 Å². The highest BCUT2D eigenvalue weighted by atomic mass is 16.2. The van der Waals surface area contributed by atoms with E-state index in [-0.39, 0.29) is 23.8 Å². The zero-order valence-electron chi connectivity index (χ0n) is 17.0. The molecule has 3 atom stereocenters. The van der Waals surface area contributed by atoms with E-state index in [4.69, 9.17) is 11.5 Å². The van der Waals surface area contributed by atoms with Crippen LogP contribution < -0.4 is 22.1 Å². The molecular weight excluding hydrogens is 384 g/mol. The number of likely N-dealkylation sites (tertiary alicyclic amines) is 1. The molecule has 9 nitrogen and oxygen atoms in total. The van der Waals surface area contributed by atoms with Crippen LogP contribution in [-0.2, 0) is 27.3 Å². The molecule has 0 bridgehead atoms. The topological polar surface area (TPSA) is 143 Å². The number of benzene rings is 1. The van der Waals surface area contributed by atoms with Crippen LogP contribution in [-0.4, -0.2) is 60.2 Å². The third-order valence-corrected chi connectivity index (χ3v) is 5.68. The van der Waals surface area contributed by atoms with Gasteiger partial charge in [0.1, 0.15) is 12.3 Å². The summed E-state index contributed by atoms with van der Waals surface area (Å²) in [6, 6.07) is 6.56. The fraction of sp³-hybridized carbons (Fsp3) is 0.524. The number of hydrogen-bond acceptors (Lipinski definition) is 5. The zero-order chi connectivity index (χ0) is 21.5. The Bertz CT molecular complexity index is 808. The SMILES string of the molecule is NC(N)=NCCC[C@@H](C=O)NC(=O)[C@H]1CCCN1C(=O)C1Cc2ccccc2CN1. The van der Waals surface area contributed by atoms with Crippen molar-refractivity contribution in [3.05, 3.63) is 35.4 Å². The van der Waals surface area contributed by atoms with Gasteiger partial charge in [0.15, 0.2) is 5.96 Å². The molecule has 1 saturated heterocycles. The number of nitrogens with one attached hydrogen (secondary N) is 2. The van der Waals surface area contributed by atoms with Crippen molar-refractivity contribution >= 4 is 24.1 Å². The van der Waals surface area contributed by atoms with E-state index in [2.05, 4.69) is 21.7 Å². The Labute approximate surface area is 176 Å². The second-order valence-electron chi connectivity index (χ2n) is 7.80. The Morgan fingerprint density at radius 2 is 2.07 bits per heavy atom. The van der Waals surface area contributed by atoms with E-state index < -0.39 is 12.1 Å². The maximum Gasteiger partial charge on any atom is 0.243 e. The van der Waals surface area contributed by atoms with Crippen LogP contribution in [0.3, 0.4) is 0 Å². The summed E-state index contributed by atoms with van der Waals surface area (Å²) in [6.45, 7) is 1.58. The number of carbonyl (C=O) groups is 3. The maximum atomic E-state index is 13.1.